The Labute approximate surface area is 105 Å². The van der Waals surface area contributed by atoms with Crippen molar-refractivity contribution >= 4 is 16.2 Å². The normalized spacial score (nSPS) is 13.0. The molecule has 0 aliphatic carbocycles. The first-order valence-corrected chi connectivity index (χ1v) is 10.5. The minimum Gasteiger partial charge on any atom is -0.394 e. The zero-order valence-electron chi connectivity index (χ0n) is 11.0. The lowest BCUT2D eigenvalue weighted by molar-refractivity contribution is 0.173. The molecule has 0 heterocycles. The maximum atomic E-state index is 10.8. The first-order valence-electron chi connectivity index (χ1n) is 6.15. The maximum absolute atomic E-state index is 10.8. The van der Waals surface area contributed by atoms with Crippen molar-refractivity contribution in [1.29, 1.82) is 0 Å². The number of rotatable bonds is 10. The van der Waals surface area contributed by atoms with Crippen LogP contribution in [-0.4, -0.2) is 37.7 Å². The molecule has 5 nitrogen and oxygen atoms in total. The van der Waals surface area contributed by atoms with Crippen molar-refractivity contribution in [2.24, 2.45) is 0 Å². The molecule has 0 saturated heterocycles. The third kappa shape index (κ3) is 9.94. The first kappa shape index (κ1) is 17.3. The van der Waals surface area contributed by atoms with Gasteiger partial charge in [-0.15, -0.1) is 0 Å². The van der Waals surface area contributed by atoms with Gasteiger partial charge in [0.1, 0.15) is 0 Å². The van der Waals surface area contributed by atoms with E-state index in [0.717, 1.165) is 12.8 Å². The van der Waals surface area contributed by atoms with Gasteiger partial charge in [0, 0.05) is 19.4 Å². The Kier molecular flexibility index (Phi) is 8.54. The van der Waals surface area contributed by atoms with Gasteiger partial charge in [-0.1, -0.05) is 13.8 Å². The van der Waals surface area contributed by atoms with Gasteiger partial charge in [0.15, 0.2) is 0 Å². The van der Waals surface area contributed by atoms with E-state index in [2.05, 4.69) is 0 Å². The molecule has 0 radical (unpaired) electrons. The third-order valence-corrected chi connectivity index (χ3v) is 6.09. The summed E-state index contributed by atoms with van der Waals surface area (Å²) in [6.07, 6.45) is 2.23. The molecule has 0 aromatic rings. The molecule has 0 unspecified atom stereocenters. The molecular weight excluding hydrogens is 259 g/mol. The predicted molar refractivity (Wildman–Crippen MR) is 70.4 cm³/mol. The highest BCUT2D eigenvalue weighted by Crippen LogP contribution is 2.36. The van der Waals surface area contributed by atoms with Crippen LogP contribution < -0.4 is 0 Å². The zero-order valence-corrected chi connectivity index (χ0v) is 12.9. The van der Waals surface area contributed by atoms with Gasteiger partial charge < -0.3 is 18.6 Å². The highest BCUT2D eigenvalue weighted by atomic mass is 31.2. The highest BCUT2D eigenvalue weighted by Gasteiger charge is 2.31. The van der Waals surface area contributed by atoms with Crippen LogP contribution in [0.15, 0.2) is 0 Å². The van der Waals surface area contributed by atoms with Gasteiger partial charge in [0.2, 0.25) is 0 Å². The SMILES string of the molecule is CCCO[Si](C)(CCCP(=O)(O)O)OCCC. The molecule has 0 atom stereocenters. The van der Waals surface area contributed by atoms with Crippen molar-refractivity contribution in [3.05, 3.63) is 0 Å². The summed E-state index contributed by atoms with van der Waals surface area (Å²) < 4.78 is 22.3. The molecule has 7 heteroatoms. The van der Waals surface area contributed by atoms with Crippen LogP contribution in [0.5, 0.6) is 0 Å². The van der Waals surface area contributed by atoms with Gasteiger partial charge in [-0.2, -0.15) is 0 Å². The summed E-state index contributed by atoms with van der Waals surface area (Å²) >= 11 is 0. The van der Waals surface area contributed by atoms with Gasteiger partial charge in [-0.3, -0.25) is 4.57 Å². The lowest BCUT2D eigenvalue weighted by Gasteiger charge is -2.27. The second kappa shape index (κ2) is 8.40. The lowest BCUT2D eigenvalue weighted by atomic mass is 10.5. The Morgan fingerprint density at radius 2 is 1.59 bits per heavy atom. The molecule has 0 aromatic carbocycles. The Morgan fingerprint density at radius 3 is 1.94 bits per heavy atom. The van der Waals surface area contributed by atoms with Crippen molar-refractivity contribution in [1.82, 2.24) is 0 Å². The van der Waals surface area contributed by atoms with Crippen molar-refractivity contribution in [2.75, 3.05) is 19.4 Å². The van der Waals surface area contributed by atoms with Crippen molar-refractivity contribution in [3.63, 3.8) is 0 Å². The first-order chi connectivity index (χ1) is 7.83. The summed E-state index contributed by atoms with van der Waals surface area (Å²) in [7, 11) is -6.13. The second-order valence-electron chi connectivity index (χ2n) is 4.32. The molecule has 0 aliphatic heterocycles. The smallest absolute Gasteiger partial charge is 0.334 e. The standard InChI is InChI=1S/C10H25O5PSi/c1-4-7-14-17(3,15-8-5-2)10-6-9-16(11,12)13/h4-10H2,1-3H3,(H2,11,12,13). The number of hydrogen-bond donors (Lipinski definition) is 2. The molecule has 17 heavy (non-hydrogen) atoms. The molecule has 0 aromatic heterocycles. The summed E-state index contributed by atoms with van der Waals surface area (Å²) in [5.74, 6) is 0. The highest BCUT2D eigenvalue weighted by molar-refractivity contribution is 7.51. The molecule has 0 aliphatic rings. The van der Waals surface area contributed by atoms with E-state index in [4.69, 9.17) is 18.6 Å². The molecule has 104 valence electrons. The van der Waals surface area contributed by atoms with E-state index in [0.29, 0.717) is 25.7 Å². The maximum Gasteiger partial charge on any atom is 0.334 e. The van der Waals surface area contributed by atoms with Gasteiger partial charge in [-0.05, 0) is 31.9 Å². The summed E-state index contributed by atoms with van der Waals surface area (Å²) in [6.45, 7) is 7.34. The molecule has 0 rings (SSSR count). The molecule has 0 bridgehead atoms. The van der Waals surface area contributed by atoms with E-state index < -0.39 is 16.2 Å². The Bertz CT molecular complexity index is 235. The monoisotopic (exact) mass is 284 g/mol. The van der Waals surface area contributed by atoms with Crippen molar-refractivity contribution < 1.29 is 23.2 Å². The zero-order chi connectivity index (χ0) is 13.4. The van der Waals surface area contributed by atoms with E-state index in [-0.39, 0.29) is 6.16 Å². The lowest BCUT2D eigenvalue weighted by Crippen LogP contribution is -2.39. The minimum absolute atomic E-state index is 0.0828. The summed E-state index contributed by atoms with van der Waals surface area (Å²) in [6, 6.07) is 0.637. The Morgan fingerprint density at radius 1 is 1.12 bits per heavy atom. The van der Waals surface area contributed by atoms with Gasteiger partial charge in [0.05, 0.1) is 0 Å². The average molecular weight is 284 g/mol. The molecule has 0 spiro atoms. The largest absolute Gasteiger partial charge is 0.394 e. The van der Waals surface area contributed by atoms with E-state index >= 15 is 0 Å². The van der Waals surface area contributed by atoms with Crippen molar-refractivity contribution in [3.8, 4) is 0 Å². The number of hydrogen-bond acceptors (Lipinski definition) is 3. The van der Waals surface area contributed by atoms with Gasteiger partial charge in [-0.25, -0.2) is 0 Å². The Hall–Kier alpha value is 0.287. The topological polar surface area (TPSA) is 76.0 Å². The summed E-state index contributed by atoms with van der Waals surface area (Å²) in [4.78, 5) is 17.6. The van der Waals surface area contributed by atoms with E-state index in [1.54, 1.807) is 0 Å². The minimum atomic E-state index is -3.89. The molecule has 0 fully saturated rings. The molecule has 0 amide bonds. The van der Waals surface area contributed by atoms with Crippen LogP contribution in [0.4, 0.5) is 0 Å². The summed E-state index contributed by atoms with van der Waals surface area (Å²) in [5.41, 5.74) is 0. The second-order valence-corrected chi connectivity index (χ2v) is 9.44. The third-order valence-electron chi connectivity index (χ3n) is 2.30. The van der Waals surface area contributed by atoms with Crippen LogP contribution in [0, 0.1) is 0 Å². The van der Waals surface area contributed by atoms with Crippen molar-refractivity contribution in [2.45, 2.75) is 45.7 Å². The van der Waals surface area contributed by atoms with E-state index in [1.165, 1.54) is 0 Å². The van der Waals surface area contributed by atoms with Crippen LogP contribution in [0.1, 0.15) is 33.1 Å². The quantitative estimate of drug-likeness (QED) is 0.476. The van der Waals surface area contributed by atoms with Crippen LogP contribution >= 0.6 is 7.60 Å². The summed E-state index contributed by atoms with van der Waals surface area (Å²) in [5, 5.41) is 0. The van der Waals surface area contributed by atoms with E-state index in [9.17, 15) is 4.57 Å². The van der Waals surface area contributed by atoms with Crippen LogP contribution in [-0.2, 0) is 13.4 Å². The molecular formula is C10H25O5PSi. The molecule has 2 N–H and O–H groups in total. The Balaban J connectivity index is 4.12. The van der Waals surface area contributed by atoms with E-state index in [1.807, 2.05) is 20.4 Å². The van der Waals surface area contributed by atoms with Gasteiger partial charge in [0.25, 0.3) is 0 Å². The van der Waals surface area contributed by atoms with Crippen LogP contribution in [0.2, 0.25) is 12.6 Å². The van der Waals surface area contributed by atoms with Crippen LogP contribution in [0.25, 0.3) is 0 Å². The average Bonchev–Trinajstić information content (AvgIpc) is 2.22. The fourth-order valence-corrected chi connectivity index (χ4v) is 4.76. The van der Waals surface area contributed by atoms with Crippen LogP contribution in [0.3, 0.4) is 0 Å². The fraction of sp³-hybridized carbons (Fsp3) is 1.00. The molecule has 0 saturated carbocycles. The predicted octanol–water partition coefficient (Wildman–Crippen LogP) is 2.48. The van der Waals surface area contributed by atoms with Gasteiger partial charge >= 0.3 is 16.2 Å². The fourth-order valence-electron chi connectivity index (χ4n) is 1.43.